The number of benzene rings is 3. The van der Waals surface area contributed by atoms with E-state index in [2.05, 4.69) is 17.5 Å². The lowest BCUT2D eigenvalue weighted by Gasteiger charge is -2.21. The first-order valence-electron chi connectivity index (χ1n) is 10.5. The molecule has 0 radical (unpaired) electrons. The van der Waals surface area contributed by atoms with Gasteiger partial charge in [0, 0.05) is 22.4 Å². The number of thiazole rings is 1. The number of nitrogens with zero attached hydrogens (tertiary/aromatic N) is 3. The molecule has 0 fully saturated rings. The molecule has 2 heterocycles. The van der Waals surface area contributed by atoms with E-state index in [1.54, 1.807) is 25.6 Å². The number of ether oxygens (including phenoxy) is 2. The van der Waals surface area contributed by atoms with Crippen LogP contribution in [0.3, 0.4) is 0 Å². The van der Waals surface area contributed by atoms with Gasteiger partial charge >= 0.3 is 0 Å². The molecule has 3 aromatic carbocycles. The van der Waals surface area contributed by atoms with Crippen molar-refractivity contribution in [3.63, 3.8) is 0 Å². The molecule has 1 aliphatic heterocycles. The van der Waals surface area contributed by atoms with E-state index < -0.39 is 0 Å². The van der Waals surface area contributed by atoms with Gasteiger partial charge in [-0.3, -0.25) is 0 Å². The number of anilines is 1. The first kappa shape index (κ1) is 21.5. The van der Waals surface area contributed by atoms with Crippen molar-refractivity contribution in [2.75, 3.05) is 19.2 Å². The van der Waals surface area contributed by atoms with E-state index in [-0.39, 0.29) is 6.04 Å². The Hall–Kier alpha value is -3.35. The zero-order chi connectivity index (χ0) is 22.8. The highest BCUT2D eigenvalue weighted by atomic mass is 35.5. The first-order chi connectivity index (χ1) is 16.1. The third-order valence-corrected chi connectivity index (χ3v) is 6.74. The van der Waals surface area contributed by atoms with Gasteiger partial charge in [-0.2, -0.15) is 5.10 Å². The average molecular weight is 476 g/mol. The standard InChI is InChI=1S/C26H22ClN3O2S/c1-31-21-11-5-17(6-12-21)23-15-25(19-7-13-22(32-2)14-8-19)30(29-23)26-28-24(16-33-26)18-3-9-20(27)10-4-18/h3-14,16,25H,15H2,1-2H3/t25-/m1/s1. The third kappa shape index (κ3) is 4.45. The van der Waals surface area contributed by atoms with Crippen molar-refractivity contribution in [3.8, 4) is 22.8 Å². The van der Waals surface area contributed by atoms with Crippen molar-refractivity contribution in [3.05, 3.63) is 94.3 Å². The third-order valence-electron chi connectivity index (χ3n) is 5.66. The van der Waals surface area contributed by atoms with Gasteiger partial charge in [0.15, 0.2) is 0 Å². The number of hydrogen-bond donors (Lipinski definition) is 0. The molecule has 0 aliphatic carbocycles. The quantitative estimate of drug-likeness (QED) is 0.306. The molecule has 0 N–H and O–H groups in total. The second-order valence-corrected chi connectivity index (χ2v) is 8.91. The highest BCUT2D eigenvalue weighted by Crippen LogP contribution is 2.40. The van der Waals surface area contributed by atoms with Crippen LogP contribution >= 0.6 is 22.9 Å². The molecule has 0 unspecified atom stereocenters. The maximum absolute atomic E-state index is 6.05. The Balaban J connectivity index is 1.51. The molecule has 0 spiro atoms. The van der Waals surface area contributed by atoms with E-state index in [1.165, 1.54) is 0 Å². The lowest BCUT2D eigenvalue weighted by molar-refractivity contribution is 0.414. The van der Waals surface area contributed by atoms with Crippen LogP contribution in [0.15, 0.2) is 83.3 Å². The summed E-state index contributed by atoms with van der Waals surface area (Å²) in [5.74, 6) is 1.66. The Morgan fingerprint density at radius 3 is 2.09 bits per heavy atom. The second kappa shape index (κ2) is 9.25. The molecule has 33 heavy (non-hydrogen) atoms. The SMILES string of the molecule is COc1ccc(C2=NN(c3nc(-c4ccc(Cl)cc4)cs3)[C@@H](c3ccc(OC)cc3)C2)cc1. The highest BCUT2D eigenvalue weighted by molar-refractivity contribution is 7.14. The molecule has 7 heteroatoms. The fourth-order valence-electron chi connectivity index (χ4n) is 3.85. The molecular formula is C26H22ClN3O2S. The van der Waals surface area contributed by atoms with E-state index >= 15 is 0 Å². The van der Waals surface area contributed by atoms with Crippen LogP contribution in [0.25, 0.3) is 11.3 Å². The maximum atomic E-state index is 6.05. The highest BCUT2D eigenvalue weighted by Gasteiger charge is 2.31. The molecule has 166 valence electrons. The van der Waals surface area contributed by atoms with Crippen LogP contribution in [0.1, 0.15) is 23.6 Å². The largest absolute Gasteiger partial charge is 0.497 e. The summed E-state index contributed by atoms with van der Waals surface area (Å²) in [5, 5.41) is 10.7. The Kier molecular flexibility index (Phi) is 6.03. The smallest absolute Gasteiger partial charge is 0.207 e. The first-order valence-corrected chi connectivity index (χ1v) is 11.8. The van der Waals surface area contributed by atoms with Gasteiger partial charge in [0.2, 0.25) is 5.13 Å². The van der Waals surface area contributed by atoms with Crippen molar-refractivity contribution in [1.82, 2.24) is 4.98 Å². The van der Waals surface area contributed by atoms with E-state index in [0.29, 0.717) is 5.02 Å². The Morgan fingerprint density at radius 1 is 0.848 bits per heavy atom. The van der Waals surface area contributed by atoms with Gasteiger partial charge in [-0.1, -0.05) is 35.9 Å². The molecule has 0 saturated heterocycles. The summed E-state index contributed by atoms with van der Waals surface area (Å²) in [7, 11) is 3.35. The van der Waals surface area contributed by atoms with Crippen molar-refractivity contribution in [2.45, 2.75) is 12.5 Å². The van der Waals surface area contributed by atoms with Gasteiger partial charge in [0.25, 0.3) is 0 Å². The van der Waals surface area contributed by atoms with Crippen LogP contribution < -0.4 is 14.5 Å². The van der Waals surface area contributed by atoms with Gasteiger partial charge in [-0.05, 0) is 59.7 Å². The molecule has 5 nitrogen and oxygen atoms in total. The van der Waals surface area contributed by atoms with Gasteiger partial charge in [0.1, 0.15) is 11.5 Å². The summed E-state index contributed by atoms with van der Waals surface area (Å²) in [6, 6.07) is 24.0. The molecule has 1 aliphatic rings. The summed E-state index contributed by atoms with van der Waals surface area (Å²) in [4.78, 5) is 4.91. The predicted molar refractivity (Wildman–Crippen MR) is 135 cm³/mol. The number of hydrazone groups is 1. The summed E-state index contributed by atoms with van der Waals surface area (Å²) in [6.07, 6.45) is 0.772. The van der Waals surface area contributed by atoms with Crippen LogP contribution in [-0.4, -0.2) is 24.9 Å². The van der Waals surface area contributed by atoms with Gasteiger partial charge < -0.3 is 9.47 Å². The summed E-state index contributed by atoms with van der Waals surface area (Å²) >= 11 is 7.63. The predicted octanol–water partition coefficient (Wildman–Crippen LogP) is 6.84. The molecule has 4 aromatic rings. The van der Waals surface area contributed by atoms with E-state index in [1.807, 2.05) is 65.7 Å². The number of hydrogen-bond acceptors (Lipinski definition) is 6. The van der Waals surface area contributed by atoms with E-state index in [4.69, 9.17) is 31.2 Å². The minimum Gasteiger partial charge on any atom is -0.497 e. The van der Waals surface area contributed by atoms with Gasteiger partial charge in [-0.25, -0.2) is 9.99 Å². The molecule has 0 saturated carbocycles. The van der Waals surface area contributed by atoms with Crippen molar-refractivity contribution < 1.29 is 9.47 Å². The molecule has 0 bridgehead atoms. The lowest BCUT2D eigenvalue weighted by atomic mass is 9.98. The monoisotopic (exact) mass is 475 g/mol. The van der Waals surface area contributed by atoms with Crippen LogP contribution in [0.4, 0.5) is 5.13 Å². The van der Waals surface area contributed by atoms with Crippen molar-refractivity contribution in [2.24, 2.45) is 5.10 Å². The molecule has 5 rings (SSSR count). The van der Waals surface area contributed by atoms with Crippen LogP contribution in [0.2, 0.25) is 5.02 Å². The average Bonchev–Trinajstić information content (AvgIpc) is 3.52. The normalized spacial score (nSPS) is 15.4. The van der Waals surface area contributed by atoms with Crippen LogP contribution in [0.5, 0.6) is 11.5 Å². The zero-order valence-electron chi connectivity index (χ0n) is 18.2. The summed E-state index contributed by atoms with van der Waals surface area (Å²) < 4.78 is 10.7. The Labute approximate surface area is 201 Å². The fraction of sp³-hybridized carbons (Fsp3) is 0.154. The minimum atomic E-state index is 0.0391. The second-order valence-electron chi connectivity index (χ2n) is 7.64. The van der Waals surface area contributed by atoms with Gasteiger partial charge in [-0.15, -0.1) is 11.3 Å². The maximum Gasteiger partial charge on any atom is 0.207 e. The summed E-state index contributed by atoms with van der Waals surface area (Å²) in [5.41, 5.74) is 5.19. The Bertz CT molecular complexity index is 1270. The van der Waals surface area contributed by atoms with Crippen LogP contribution in [0, 0.1) is 0 Å². The van der Waals surface area contributed by atoms with Crippen molar-refractivity contribution in [1.29, 1.82) is 0 Å². The fourth-order valence-corrected chi connectivity index (χ4v) is 4.81. The van der Waals surface area contributed by atoms with Crippen molar-refractivity contribution >= 4 is 33.8 Å². The summed E-state index contributed by atoms with van der Waals surface area (Å²) in [6.45, 7) is 0. The van der Waals surface area contributed by atoms with E-state index in [9.17, 15) is 0 Å². The zero-order valence-corrected chi connectivity index (χ0v) is 19.8. The Morgan fingerprint density at radius 2 is 1.45 bits per heavy atom. The van der Waals surface area contributed by atoms with Crippen LogP contribution in [-0.2, 0) is 0 Å². The number of aromatic nitrogens is 1. The molecule has 1 aromatic heterocycles. The minimum absolute atomic E-state index is 0.0391. The lowest BCUT2D eigenvalue weighted by Crippen LogP contribution is -2.18. The molecular weight excluding hydrogens is 454 g/mol. The number of rotatable bonds is 6. The molecule has 1 atom stereocenters. The van der Waals surface area contributed by atoms with Gasteiger partial charge in [0.05, 0.1) is 31.7 Å². The number of methoxy groups -OCH3 is 2. The number of halogens is 1. The van der Waals surface area contributed by atoms with E-state index in [0.717, 1.165) is 51.1 Å². The topological polar surface area (TPSA) is 47.0 Å². The molecule has 0 amide bonds.